The molecule has 24 heavy (non-hydrogen) atoms. The van der Waals surface area contributed by atoms with Gasteiger partial charge < -0.3 is 19.5 Å². The van der Waals surface area contributed by atoms with Crippen molar-refractivity contribution in [1.29, 1.82) is 0 Å². The molecule has 2 aliphatic heterocycles. The quantitative estimate of drug-likeness (QED) is 0.912. The first-order valence-corrected chi connectivity index (χ1v) is 8.87. The Labute approximate surface area is 145 Å². The minimum Gasteiger partial charge on any atom is -0.493 e. The van der Waals surface area contributed by atoms with Gasteiger partial charge in [-0.2, -0.15) is 0 Å². The van der Waals surface area contributed by atoms with E-state index in [1.165, 1.54) is 0 Å². The van der Waals surface area contributed by atoms with Gasteiger partial charge in [0.05, 0.1) is 20.3 Å². The Morgan fingerprint density at radius 2 is 2.04 bits per heavy atom. The number of rotatable bonds is 4. The number of benzene rings is 1. The van der Waals surface area contributed by atoms with E-state index in [4.69, 9.17) is 9.47 Å². The fraction of sp³-hybridized carbons (Fsp3) is 0.684. The molecule has 2 fully saturated rings. The van der Waals surface area contributed by atoms with Crippen LogP contribution in [0.1, 0.15) is 24.8 Å². The van der Waals surface area contributed by atoms with Crippen molar-refractivity contribution in [2.45, 2.75) is 31.9 Å². The number of hydrogen-bond donors (Lipinski definition) is 1. The number of para-hydroxylation sites is 1. The van der Waals surface area contributed by atoms with Crippen molar-refractivity contribution in [3.63, 3.8) is 0 Å². The summed E-state index contributed by atoms with van der Waals surface area (Å²) in [5, 5.41) is 10.7. The molecule has 0 bridgehead atoms. The Bertz CT molecular complexity index is 566. The molecule has 0 amide bonds. The smallest absolute Gasteiger partial charge is 0.165 e. The van der Waals surface area contributed by atoms with Gasteiger partial charge in [0, 0.05) is 37.2 Å². The lowest BCUT2D eigenvalue weighted by Gasteiger charge is -2.50. The molecule has 2 atom stereocenters. The van der Waals surface area contributed by atoms with Crippen molar-refractivity contribution in [3.05, 3.63) is 23.8 Å². The molecule has 2 heterocycles. The minimum atomic E-state index is -0.191. The molecule has 2 aliphatic rings. The molecule has 0 aliphatic carbocycles. The Hall–Kier alpha value is -1.30. The predicted octanol–water partition coefficient (Wildman–Crippen LogP) is 1.98. The zero-order chi connectivity index (χ0) is 17.2. The van der Waals surface area contributed by atoms with E-state index in [1.54, 1.807) is 14.2 Å². The summed E-state index contributed by atoms with van der Waals surface area (Å²) in [5.74, 6) is 1.60. The van der Waals surface area contributed by atoms with Gasteiger partial charge in [-0.3, -0.25) is 4.90 Å². The van der Waals surface area contributed by atoms with Crippen LogP contribution in [0, 0.1) is 5.41 Å². The molecule has 0 radical (unpaired) electrons. The molecule has 1 N–H and O–H groups in total. The summed E-state index contributed by atoms with van der Waals surface area (Å²) in [5.41, 5.74) is 1.16. The summed E-state index contributed by atoms with van der Waals surface area (Å²) >= 11 is 0. The van der Waals surface area contributed by atoms with E-state index in [0.29, 0.717) is 0 Å². The number of piperidine rings is 2. The molecule has 5 heteroatoms. The van der Waals surface area contributed by atoms with Gasteiger partial charge in [-0.1, -0.05) is 12.1 Å². The van der Waals surface area contributed by atoms with Crippen LogP contribution in [0.15, 0.2) is 18.2 Å². The number of methoxy groups -OCH3 is 2. The maximum atomic E-state index is 10.7. The number of aliphatic hydroxyl groups is 1. The van der Waals surface area contributed by atoms with Crippen molar-refractivity contribution in [1.82, 2.24) is 9.80 Å². The number of aliphatic hydroxyl groups excluding tert-OH is 1. The van der Waals surface area contributed by atoms with E-state index in [1.807, 2.05) is 12.1 Å². The van der Waals surface area contributed by atoms with E-state index in [2.05, 4.69) is 22.9 Å². The molecule has 1 aromatic rings. The molecule has 0 saturated carbocycles. The van der Waals surface area contributed by atoms with Crippen LogP contribution >= 0.6 is 0 Å². The zero-order valence-electron chi connectivity index (χ0n) is 15.1. The average molecular weight is 334 g/mol. The highest BCUT2D eigenvalue weighted by molar-refractivity contribution is 5.46. The molecule has 134 valence electrons. The van der Waals surface area contributed by atoms with Crippen LogP contribution in [0.2, 0.25) is 0 Å². The van der Waals surface area contributed by atoms with E-state index in [0.717, 1.165) is 69.0 Å². The van der Waals surface area contributed by atoms with E-state index in [9.17, 15) is 5.11 Å². The molecular formula is C19H30N2O3. The third kappa shape index (κ3) is 3.39. The summed E-state index contributed by atoms with van der Waals surface area (Å²) in [6.07, 6.45) is 2.94. The van der Waals surface area contributed by atoms with Gasteiger partial charge in [-0.15, -0.1) is 0 Å². The molecule has 0 unspecified atom stereocenters. The van der Waals surface area contributed by atoms with Crippen LogP contribution in [0.25, 0.3) is 0 Å². The van der Waals surface area contributed by atoms with Crippen molar-refractivity contribution < 1.29 is 14.6 Å². The molecular weight excluding hydrogens is 304 g/mol. The van der Waals surface area contributed by atoms with Crippen LogP contribution in [0.4, 0.5) is 0 Å². The fourth-order valence-electron chi connectivity index (χ4n) is 4.48. The van der Waals surface area contributed by atoms with Gasteiger partial charge in [0.1, 0.15) is 0 Å². The fourth-order valence-corrected chi connectivity index (χ4v) is 4.48. The molecule has 0 aromatic heterocycles. The van der Waals surface area contributed by atoms with Crippen molar-refractivity contribution >= 4 is 0 Å². The Morgan fingerprint density at radius 3 is 2.79 bits per heavy atom. The van der Waals surface area contributed by atoms with Gasteiger partial charge in [-0.25, -0.2) is 0 Å². The van der Waals surface area contributed by atoms with Gasteiger partial charge in [0.25, 0.3) is 0 Å². The second kappa shape index (κ2) is 7.30. The zero-order valence-corrected chi connectivity index (χ0v) is 15.1. The number of likely N-dealkylation sites (tertiary alicyclic amines) is 2. The lowest BCUT2D eigenvalue weighted by Crippen LogP contribution is -2.58. The van der Waals surface area contributed by atoms with Crippen LogP contribution in [0.5, 0.6) is 11.5 Å². The van der Waals surface area contributed by atoms with Crippen LogP contribution in [0.3, 0.4) is 0 Å². The first kappa shape index (κ1) is 17.5. The topological polar surface area (TPSA) is 45.2 Å². The highest BCUT2D eigenvalue weighted by Gasteiger charge is 2.44. The number of nitrogens with zero attached hydrogens (tertiary/aromatic N) is 2. The summed E-state index contributed by atoms with van der Waals surface area (Å²) in [6, 6.07) is 6.05. The first-order valence-electron chi connectivity index (χ1n) is 8.87. The number of ether oxygens (including phenoxy) is 2. The predicted molar refractivity (Wildman–Crippen MR) is 94.6 cm³/mol. The van der Waals surface area contributed by atoms with Crippen molar-refractivity contribution in [2.24, 2.45) is 5.41 Å². The highest BCUT2D eigenvalue weighted by atomic mass is 16.5. The van der Waals surface area contributed by atoms with Crippen LogP contribution < -0.4 is 9.47 Å². The maximum absolute atomic E-state index is 10.7. The lowest BCUT2D eigenvalue weighted by atomic mass is 9.71. The van der Waals surface area contributed by atoms with E-state index < -0.39 is 0 Å². The summed E-state index contributed by atoms with van der Waals surface area (Å²) < 4.78 is 11.0. The Balaban J connectivity index is 1.76. The number of hydrogen-bond acceptors (Lipinski definition) is 5. The molecule has 2 saturated heterocycles. The molecule has 5 nitrogen and oxygen atoms in total. The minimum absolute atomic E-state index is 0.0113. The highest BCUT2D eigenvalue weighted by Crippen LogP contribution is 2.40. The molecule has 1 spiro atoms. The Morgan fingerprint density at radius 1 is 1.21 bits per heavy atom. The maximum Gasteiger partial charge on any atom is 0.165 e. The van der Waals surface area contributed by atoms with Crippen molar-refractivity contribution in [3.8, 4) is 11.5 Å². The third-order valence-electron chi connectivity index (χ3n) is 5.64. The summed E-state index contributed by atoms with van der Waals surface area (Å²) in [4.78, 5) is 4.82. The second-order valence-electron chi connectivity index (χ2n) is 7.37. The van der Waals surface area contributed by atoms with Crippen LogP contribution in [-0.4, -0.2) is 68.5 Å². The van der Waals surface area contributed by atoms with Crippen molar-refractivity contribution in [2.75, 3.05) is 47.4 Å². The summed E-state index contributed by atoms with van der Waals surface area (Å²) in [7, 11) is 5.53. The van der Waals surface area contributed by atoms with Gasteiger partial charge >= 0.3 is 0 Å². The summed E-state index contributed by atoms with van der Waals surface area (Å²) in [6.45, 7) is 4.82. The van der Waals surface area contributed by atoms with Gasteiger partial charge in [0.15, 0.2) is 11.5 Å². The van der Waals surface area contributed by atoms with E-state index in [-0.39, 0.29) is 11.5 Å². The first-order chi connectivity index (χ1) is 11.6. The van der Waals surface area contributed by atoms with Gasteiger partial charge in [-0.05, 0) is 38.9 Å². The molecule has 1 aromatic carbocycles. The standard InChI is InChI=1S/C19H30N2O3/c1-20-11-8-17(22)19(13-20)9-5-10-21(14-19)12-15-6-4-7-16(23-2)18(15)24-3/h4,6-7,17,22H,5,8-14H2,1-3H3/t17-,19-/m0/s1. The Kier molecular flexibility index (Phi) is 5.33. The monoisotopic (exact) mass is 334 g/mol. The average Bonchev–Trinajstić information content (AvgIpc) is 2.58. The van der Waals surface area contributed by atoms with Crippen LogP contribution in [-0.2, 0) is 6.54 Å². The third-order valence-corrected chi connectivity index (χ3v) is 5.64. The lowest BCUT2D eigenvalue weighted by molar-refractivity contribution is -0.0808. The van der Waals surface area contributed by atoms with Gasteiger partial charge in [0.2, 0.25) is 0 Å². The SMILES string of the molecule is COc1cccc(CN2CCC[C@]3(CN(C)CC[C@@H]3O)C2)c1OC. The largest absolute Gasteiger partial charge is 0.493 e. The normalized spacial score (nSPS) is 28.9. The van der Waals surface area contributed by atoms with E-state index >= 15 is 0 Å². The second-order valence-corrected chi connectivity index (χ2v) is 7.37. The molecule has 3 rings (SSSR count).